The van der Waals surface area contributed by atoms with Gasteiger partial charge in [-0.3, -0.25) is 4.79 Å². The molecule has 1 aromatic carbocycles. The Morgan fingerprint density at radius 2 is 1.62 bits per heavy atom. The monoisotopic (exact) mass is 284 g/mol. The molecule has 0 saturated heterocycles. The fourth-order valence-electron chi connectivity index (χ4n) is 2.29. The smallest absolute Gasteiger partial charge is 0.307 e. The number of aliphatic carboxylic acids is 1. The van der Waals surface area contributed by atoms with E-state index in [1.54, 1.807) is 0 Å². The second-order valence-corrected chi connectivity index (χ2v) is 5.54. The third-order valence-electron chi connectivity index (χ3n) is 3.58. The number of carboxylic acid groups (broad SMARTS) is 1. The van der Waals surface area contributed by atoms with Crippen molar-refractivity contribution in [2.45, 2.75) is 40.0 Å². The first-order valence-electron chi connectivity index (χ1n) is 7.04. The number of carboxylic acids is 1. The Morgan fingerprint density at radius 3 is 2.05 bits per heavy atom. The third kappa shape index (κ3) is 3.45. The number of hydrogen-bond donors (Lipinski definition) is 1. The van der Waals surface area contributed by atoms with Crippen molar-refractivity contribution in [3.63, 3.8) is 0 Å². The van der Waals surface area contributed by atoms with E-state index in [0.717, 1.165) is 17.0 Å². The molecular formula is C17H20N2O2. The molecule has 21 heavy (non-hydrogen) atoms. The van der Waals surface area contributed by atoms with Gasteiger partial charge >= 0.3 is 5.97 Å². The molecule has 0 atom stereocenters. The molecular weight excluding hydrogens is 264 g/mol. The van der Waals surface area contributed by atoms with Crippen LogP contribution in [-0.4, -0.2) is 21.0 Å². The minimum atomic E-state index is -0.862. The van der Waals surface area contributed by atoms with Gasteiger partial charge < -0.3 is 5.11 Å². The van der Waals surface area contributed by atoms with Crippen LogP contribution in [0.1, 0.15) is 42.3 Å². The molecule has 0 radical (unpaired) electrons. The zero-order valence-electron chi connectivity index (χ0n) is 12.8. The van der Waals surface area contributed by atoms with E-state index in [2.05, 4.69) is 35.9 Å². The van der Waals surface area contributed by atoms with Gasteiger partial charge in [0.1, 0.15) is 0 Å². The molecule has 2 aromatic rings. The van der Waals surface area contributed by atoms with E-state index in [1.165, 1.54) is 5.56 Å². The van der Waals surface area contributed by atoms with Gasteiger partial charge in [-0.2, -0.15) is 0 Å². The van der Waals surface area contributed by atoms with E-state index < -0.39 is 5.97 Å². The number of rotatable bonds is 4. The lowest BCUT2D eigenvalue weighted by Crippen LogP contribution is -2.08. The summed E-state index contributed by atoms with van der Waals surface area (Å²) < 4.78 is 0. The van der Waals surface area contributed by atoms with Crippen LogP contribution in [0.15, 0.2) is 24.3 Å². The summed E-state index contributed by atoms with van der Waals surface area (Å²) in [6.07, 6.45) is -0.0375. The van der Waals surface area contributed by atoms with Crippen molar-refractivity contribution in [3.05, 3.63) is 46.8 Å². The lowest BCUT2D eigenvalue weighted by Gasteiger charge is -2.10. The van der Waals surface area contributed by atoms with Crippen molar-refractivity contribution in [1.82, 2.24) is 9.97 Å². The molecule has 0 amide bonds. The normalized spacial score (nSPS) is 10.9. The maximum absolute atomic E-state index is 10.9. The Hall–Kier alpha value is -2.23. The summed E-state index contributed by atoms with van der Waals surface area (Å²) in [6, 6.07) is 8.19. The lowest BCUT2D eigenvalue weighted by molar-refractivity contribution is -0.136. The molecule has 0 aliphatic heterocycles. The van der Waals surface area contributed by atoms with Crippen molar-refractivity contribution in [1.29, 1.82) is 0 Å². The van der Waals surface area contributed by atoms with Gasteiger partial charge in [-0.15, -0.1) is 0 Å². The summed E-state index contributed by atoms with van der Waals surface area (Å²) in [6.45, 7) is 7.97. The van der Waals surface area contributed by atoms with E-state index in [4.69, 9.17) is 5.11 Å². The minimum Gasteiger partial charge on any atom is -0.481 e. The molecule has 0 unspecified atom stereocenters. The molecule has 0 aliphatic rings. The Kier molecular flexibility index (Phi) is 4.36. The molecule has 1 N–H and O–H groups in total. The van der Waals surface area contributed by atoms with E-state index in [1.807, 2.05) is 26.0 Å². The van der Waals surface area contributed by atoms with Crippen LogP contribution in [0.2, 0.25) is 0 Å². The topological polar surface area (TPSA) is 63.1 Å². The molecule has 0 saturated carbocycles. The molecule has 0 fully saturated rings. The first-order valence-corrected chi connectivity index (χ1v) is 7.04. The van der Waals surface area contributed by atoms with Crippen LogP contribution in [0.4, 0.5) is 0 Å². The Morgan fingerprint density at radius 1 is 1.10 bits per heavy atom. The van der Waals surface area contributed by atoms with Crippen LogP contribution in [0.5, 0.6) is 0 Å². The number of benzene rings is 1. The summed E-state index contributed by atoms with van der Waals surface area (Å²) in [5.41, 5.74) is 4.38. The molecule has 4 nitrogen and oxygen atoms in total. The summed E-state index contributed by atoms with van der Waals surface area (Å²) in [7, 11) is 0. The average molecular weight is 284 g/mol. The largest absolute Gasteiger partial charge is 0.481 e. The van der Waals surface area contributed by atoms with E-state index in [0.29, 0.717) is 17.3 Å². The maximum Gasteiger partial charge on any atom is 0.307 e. The van der Waals surface area contributed by atoms with Crippen molar-refractivity contribution < 1.29 is 9.90 Å². The molecule has 4 heteroatoms. The van der Waals surface area contributed by atoms with Gasteiger partial charge in [-0.25, -0.2) is 9.97 Å². The van der Waals surface area contributed by atoms with Crippen molar-refractivity contribution in [2.24, 2.45) is 0 Å². The maximum atomic E-state index is 10.9. The second-order valence-electron chi connectivity index (χ2n) is 5.54. The van der Waals surface area contributed by atoms with E-state index in [9.17, 15) is 4.79 Å². The van der Waals surface area contributed by atoms with Gasteiger partial charge in [-0.1, -0.05) is 38.1 Å². The highest BCUT2D eigenvalue weighted by Crippen LogP contribution is 2.22. The van der Waals surface area contributed by atoms with Crippen LogP contribution in [0.25, 0.3) is 11.4 Å². The standard InChI is InChI=1S/C17H20N2O2/c1-10(2)13-5-7-14(8-6-13)17-18-11(3)15(9-16(20)21)12(4)19-17/h5-8,10H,9H2,1-4H3,(H,20,21). The Balaban J connectivity index is 2.39. The van der Waals surface area contributed by atoms with E-state index in [-0.39, 0.29) is 6.42 Å². The first kappa shape index (κ1) is 15.2. The summed E-state index contributed by atoms with van der Waals surface area (Å²) in [5.74, 6) is 0.273. The van der Waals surface area contributed by atoms with Crippen molar-refractivity contribution in [3.8, 4) is 11.4 Å². The fourth-order valence-corrected chi connectivity index (χ4v) is 2.29. The number of carbonyl (C=O) groups is 1. The molecule has 0 bridgehead atoms. The summed E-state index contributed by atoms with van der Waals surface area (Å²) in [5, 5.41) is 8.93. The number of aryl methyl sites for hydroxylation is 2. The predicted molar refractivity (Wildman–Crippen MR) is 82.4 cm³/mol. The lowest BCUT2D eigenvalue weighted by atomic mass is 10.0. The van der Waals surface area contributed by atoms with Crippen LogP contribution >= 0.6 is 0 Å². The first-order chi connectivity index (χ1) is 9.88. The van der Waals surface area contributed by atoms with E-state index >= 15 is 0 Å². The number of nitrogens with zero attached hydrogens (tertiary/aromatic N) is 2. The predicted octanol–water partition coefficient (Wildman–Crippen LogP) is 3.51. The number of hydrogen-bond acceptors (Lipinski definition) is 3. The van der Waals surface area contributed by atoms with Gasteiger partial charge in [0.15, 0.2) is 5.82 Å². The molecule has 0 aliphatic carbocycles. The zero-order chi connectivity index (χ0) is 15.6. The Bertz CT molecular complexity index is 638. The van der Waals surface area contributed by atoms with Crippen LogP contribution < -0.4 is 0 Å². The highest BCUT2D eigenvalue weighted by Gasteiger charge is 2.13. The van der Waals surface area contributed by atoms with Crippen LogP contribution in [-0.2, 0) is 11.2 Å². The minimum absolute atomic E-state index is 0.0375. The highest BCUT2D eigenvalue weighted by molar-refractivity contribution is 5.71. The fraction of sp³-hybridized carbons (Fsp3) is 0.353. The molecule has 1 aromatic heterocycles. The van der Waals surface area contributed by atoms with Gasteiger partial charge in [-0.05, 0) is 25.3 Å². The van der Waals surface area contributed by atoms with Gasteiger partial charge in [0, 0.05) is 22.5 Å². The van der Waals surface area contributed by atoms with Gasteiger partial charge in [0.2, 0.25) is 0 Å². The quantitative estimate of drug-likeness (QED) is 0.933. The third-order valence-corrected chi connectivity index (χ3v) is 3.58. The van der Waals surface area contributed by atoms with Gasteiger partial charge in [0.25, 0.3) is 0 Å². The SMILES string of the molecule is Cc1nc(-c2ccc(C(C)C)cc2)nc(C)c1CC(=O)O. The van der Waals surface area contributed by atoms with Gasteiger partial charge in [0.05, 0.1) is 6.42 Å². The molecule has 2 rings (SSSR count). The molecule has 110 valence electrons. The second kappa shape index (κ2) is 6.04. The van der Waals surface area contributed by atoms with Crippen molar-refractivity contribution in [2.75, 3.05) is 0 Å². The highest BCUT2D eigenvalue weighted by atomic mass is 16.4. The molecule has 0 spiro atoms. The summed E-state index contributed by atoms with van der Waals surface area (Å²) >= 11 is 0. The van der Waals surface area contributed by atoms with Crippen LogP contribution in [0, 0.1) is 13.8 Å². The number of aromatic nitrogens is 2. The Labute approximate surface area is 124 Å². The van der Waals surface area contributed by atoms with Crippen molar-refractivity contribution >= 4 is 5.97 Å². The van der Waals surface area contributed by atoms with Crippen LogP contribution in [0.3, 0.4) is 0 Å². The average Bonchev–Trinajstić information content (AvgIpc) is 2.42. The summed E-state index contributed by atoms with van der Waals surface area (Å²) in [4.78, 5) is 19.8. The molecule has 1 heterocycles. The zero-order valence-corrected chi connectivity index (χ0v) is 12.8.